The number of amides is 1. The maximum Gasteiger partial charge on any atom is 0.319 e. The van der Waals surface area contributed by atoms with E-state index in [4.69, 9.17) is 15.6 Å². The smallest absolute Gasteiger partial charge is 0.319 e. The largest absolute Gasteiger partial charge is 0.490 e. The van der Waals surface area contributed by atoms with Crippen LogP contribution in [0.1, 0.15) is 18.9 Å². The van der Waals surface area contributed by atoms with Crippen molar-refractivity contribution in [3.8, 4) is 5.75 Å². The van der Waals surface area contributed by atoms with E-state index in [9.17, 15) is 9.59 Å². The summed E-state index contributed by atoms with van der Waals surface area (Å²) in [4.78, 5) is 22.5. The lowest BCUT2D eigenvalue weighted by Crippen LogP contribution is -2.44. The Balaban J connectivity index is 2.13. The van der Waals surface area contributed by atoms with E-state index in [1.807, 2.05) is 24.3 Å². The van der Waals surface area contributed by atoms with Crippen LogP contribution in [0.5, 0.6) is 5.75 Å². The predicted octanol–water partition coefficient (Wildman–Crippen LogP) is 0.956. The molecule has 2 rings (SSSR count). The third-order valence-electron chi connectivity index (χ3n) is 3.37. The topological polar surface area (TPSA) is 89.6 Å². The number of carboxylic acid groups (broad SMARTS) is 1. The molecule has 0 spiro atoms. The summed E-state index contributed by atoms with van der Waals surface area (Å²) in [7, 11) is 0. The van der Waals surface area contributed by atoms with Gasteiger partial charge in [0.15, 0.2) is 0 Å². The van der Waals surface area contributed by atoms with Crippen LogP contribution in [0.25, 0.3) is 0 Å². The van der Waals surface area contributed by atoms with Crippen molar-refractivity contribution in [2.45, 2.75) is 25.9 Å². The van der Waals surface area contributed by atoms with Crippen LogP contribution in [0, 0.1) is 5.41 Å². The van der Waals surface area contributed by atoms with Crippen LogP contribution in [-0.2, 0) is 16.0 Å². The number of carbonyl (C=O) groups excluding carboxylic acids is 1. The fourth-order valence-electron chi connectivity index (χ4n) is 2.12. The molecule has 0 aliphatic carbocycles. The molecule has 2 unspecified atom stereocenters. The standard InChI is InChI=1S/C13H15NO4/c1-13(11(14)15,12(16)17)7-9-6-8-4-2-3-5-10(8)18-9/h2-5,9H,6-7H2,1H3,(H2,14,15)(H,16,17). The highest BCUT2D eigenvalue weighted by Gasteiger charge is 2.43. The number of hydrogen-bond acceptors (Lipinski definition) is 3. The van der Waals surface area contributed by atoms with E-state index in [1.54, 1.807) is 0 Å². The summed E-state index contributed by atoms with van der Waals surface area (Å²) in [5, 5.41) is 9.12. The SMILES string of the molecule is CC(CC1Cc2ccccc2O1)(C(N)=O)C(=O)O. The lowest BCUT2D eigenvalue weighted by Gasteiger charge is -2.24. The number of rotatable bonds is 4. The summed E-state index contributed by atoms with van der Waals surface area (Å²) in [6, 6.07) is 7.51. The first-order valence-electron chi connectivity index (χ1n) is 5.71. The zero-order valence-corrected chi connectivity index (χ0v) is 10.1. The van der Waals surface area contributed by atoms with Crippen molar-refractivity contribution in [2.24, 2.45) is 11.1 Å². The lowest BCUT2D eigenvalue weighted by atomic mass is 9.83. The molecule has 0 radical (unpaired) electrons. The molecular weight excluding hydrogens is 234 g/mol. The summed E-state index contributed by atoms with van der Waals surface area (Å²) in [6.45, 7) is 1.34. The van der Waals surface area contributed by atoms with Gasteiger partial charge in [-0.1, -0.05) is 18.2 Å². The monoisotopic (exact) mass is 249 g/mol. The molecular formula is C13H15NO4. The van der Waals surface area contributed by atoms with Crippen molar-refractivity contribution >= 4 is 11.9 Å². The molecule has 1 aliphatic rings. The minimum Gasteiger partial charge on any atom is -0.490 e. The van der Waals surface area contributed by atoms with E-state index in [2.05, 4.69) is 0 Å². The average Bonchev–Trinajstić information content (AvgIpc) is 2.70. The van der Waals surface area contributed by atoms with Gasteiger partial charge in [0.25, 0.3) is 0 Å². The first kappa shape index (κ1) is 12.4. The third kappa shape index (κ3) is 2.03. The van der Waals surface area contributed by atoms with Crippen molar-refractivity contribution in [3.05, 3.63) is 29.8 Å². The van der Waals surface area contributed by atoms with Gasteiger partial charge >= 0.3 is 5.97 Å². The fraction of sp³-hybridized carbons (Fsp3) is 0.385. The highest BCUT2D eigenvalue weighted by Crippen LogP contribution is 2.34. The van der Waals surface area contributed by atoms with E-state index in [-0.39, 0.29) is 12.5 Å². The Morgan fingerprint density at radius 1 is 1.50 bits per heavy atom. The van der Waals surface area contributed by atoms with Crippen molar-refractivity contribution in [1.82, 2.24) is 0 Å². The Labute approximate surface area is 105 Å². The van der Waals surface area contributed by atoms with Crippen LogP contribution in [0.3, 0.4) is 0 Å². The van der Waals surface area contributed by atoms with E-state index in [0.717, 1.165) is 11.3 Å². The van der Waals surface area contributed by atoms with Gasteiger partial charge in [0, 0.05) is 12.8 Å². The van der Waals surface area contributed by atoms with Gasteiger partial charge in [0.05, 0.1) is 0 Å². The zero-order valence-electron chi connectivity index (χ0n) is 10.1. The molecule has 1 amide bonds. The lowest BCUT2D eigenvalue weighted by molar-refractivity contribution is -0.155. The van der Waals surface area contributed by atoms with Crippen LogP contribution in [-0.4, -0.2) is 23.1 Å². The van der Waals surface area contributed by atoms with Crippen LogP contribution < -0.4 is 10.5 Å². The van der Waals surface area contributed by atoms with Gasteiger partial charge in [0.1, 0.15) is 17.3 Å². The summed E-state index contributed by atoms with van der Waals surface area (Å²) < 4.78 is 5.63. The first-order chi connectivity index (χ1) is 8.43. The molecule has 0 bridgehead atoms. The number of hydrogen-bond donors (Lipinski definition) is 2. The summed E-state index contributed by atoms with van der Waals surface area (Å²) >= 11 is 0. The number of carbonyl (C=O) groups is 2. The van der Waals surface area contributed by atoms with Crippen LogP contribution in [0.2, 0.25) is 0 Å². The fourth-order valence-corrected chi connectivity index (χ4v) is 2.12. The molecule has 5 nitrogen and oxygen atoms in total. The molecule has 96 valence electrons. The van der Waals surface area contributed by atoms with Crippen molar-refractivity contribution in [3.63, 3.8) is 0 Å². The molecule has 2 atom stereocenters. The molecule has 0 saturated carbocycles. The van der Waals surface area contributed by atoms with Crippen molar-refractivity contribution in [2.75, 3.05) is 0 Å². The second kappa shape index (κ2) is 4.33. The molecule has 0 fully saturated rings. The summed E-state index contributed by atoms with van der Waals surface area (Å²) in [6.07, 6.45) is 0.356. The third-order valence-corrected chi connectivity index (χ3v) is 3.37. The molecule has 0 saturated heterocycles. The Kier molecular flexibility index (Phi) is 2.98. The van der Waals surface area contributed by atoms with Gasteiger partial charge in [-0.3, -0.25) is 9.59 Å². The number of ether oxygens (including phenoxy) is 1. The normalized spacial score (nSPS) is 20.6. The minimum absolute atomic E-state index is 0.0757. The second-order valence-corrected chi connectivity index (χ2v) is 4.76. The van der Waals surface area contributed by atoms with E-state index >= 15 is 0 Å². The van der Waals surface area contributed by atoms with Gasteiger partial charge in [-0.25, -0.2) is 0 Å². The van der Waals surface area contributed by atoms with Crippen molar-refractivity contribution in [1.29, 1.82) is 0 Å². The summed E-state index contributed by atoms with van der Waals surface area (Å²) in [5.74, 6) is -1.30. The number of carboxylic acids is 1. The van der Waals surface area contributed by atoms with Gasteiger partial charge in [-0.15, -0.1) is 0 Å². The minimum atomic E-state index is -1.59. The molecule has 1 aromatic carbocycles. The maximum atomic E-state index is 11.3. The average molecular weight is 249 g/mol. The number of aliphatic carboxylic acids is 1. The predicted molar refractivity (Wildman–Crippen MR) is 64.1 cm³/mol. The molecule has 5 heteroatoms. The molecule has 1 heterocycles. The van der Waals surface area contributed by atoms with Crippen LogP contribution in [0.4, 0.5) is 0 Å². The Hall–Kier alpha value is -2.04. The maximum absolute atomic E-state index is 11.3. The van der Waals surface area contributed by atoms with E-state index in [1.165, 1.54) is 6.92 Å². The highest BCUT2D eigenvalue weighted by atomic mass is 16.5. The molecule has 1 aliphatic heterocycles. The quantitative estimate of drug-likeness (QED) is 0.777. The zero-order chi connectivity index (χ0) is 13.3. The van der Waals surface area contributed by atoms with Gasteiger partial charge in [0.2, 0.25) is 5.91 Å². The number of fused-ring (bicyclic) bond motifs is 1. The van der Waals surface area contributed by atoms with Crippen LogP contribution in [0.15, 0.2) is 24.3 Å². The molecule has 3 N–H and O–H groups in total. The Morgan fingerprint density at radius 2 is 2.17 bits per heavy atom. The Bertz CT molecular complexity index is 459. The van der Waals surface area contributed by atoms with Crippen LogP contribution >= 0.6 is 0 Å². The number of benzene rings is 1. The van der Waals surface area contributed by atoms with Gasteiger partial charge < -0.3 is 15.6 Å². The molecule has 18 heavy (non-hydrogen) atoms. The van der Waals surface area contributed by atoms with Gasteiger partial charge in [-0.05, 0) is 18.6 Å². The number of nitrogens with two attached hydrogens (primary N) is 1. The first-order valence-corrected chi connectivity index (χ1v) is 5.71. The van der Waals surface area contributed by atoms with Crippen molar-refractivity contribution < 1.29 is 19.4 Å². The molecule has 1 aromatic rings. The second-order valence-electron chi connectivity index (χ2n) is 4.76. The summed E-state index contributed by atoms with van der Waals surface area (Å²) in [5.41, 5.74) is 4.62. The Morgan fingerprint density at radius 3 is 2.72 bits per heavy atom. The molecule has 0 aromatic heterocycles. The number of para-hydroxylation sites is 1. The van der Waals surface area contributed by atoms with E-state index in [0.29, 0.717) is 6.42 Å². The number of primary amides is 1. The van der Waals surface area contributed by atoms with E-state index < -0.39 is 17.3 Å². The highest BCUT2D eigenvalue weighted by molar-refractivity contribution is 6.00. The van der Waals surface area contributed by atoms with Gasteiger partial charge in [-0.2, -0.15) is 0 Å².